The first-order valence-electron chi connectivity index (χ1n) is 6.48. The topological polar surface area (TPSA) is 72.6 Å². The maximum atomic E-state index is 14.0. The summed E-state index contributed by atoms with van der Waals surface area (Å²) in [4.78, 5) is -0.0175. The Labute approximate surface area is 118 Å². The Bertz CT molecular complexity index is 604. The minimum Gasteiger partial charge on any atom is -0.494 e. The molecule has 0 amide bonds. The Hall–Kier alpha value is -1.18. The molecule has 1 aliphatic rings. The second-order valence-electron chi connectivity index (χ2n) is 4.85. The minimum atomic E-state index is -3.72. The van der Waals surface area contributed by atoms with Gasteiger partial charge in [-0.25, -0.2) is 12.8 Å². The normalized spacial score (nSPS) is 20.3. The summed E-state index contributed by atoms with van der Waals surface area (Å²) in [6, 6.07) is 2.52. The average molecular weight is 302 g/mol. The first kappa shape index (κ1) is 15.2. The molecular weight excluding hydrogens is 283 g/mol. The zero-order valence-electron chi connectivity index (χ0n) is 11.6. The van der Waals surface area contributed by atoms with Crippen molar-refractivity contribution in [3.05, 3.63) is 23.5 Å². The van der Waals surface area contributed by atoms with Crippen molar-refractivity contribution in [1.29, 1.82) is 0 Å². The van der Waals surface area contributed by atoms with Crippen molar-refractivity contribution in [2.45, 2.75) is 30.7 Å². The van der Waals surface area contributed by atoms with Gasteiger partial charge in [-0.3, -0.25) is 0 Å². The number of hydrogen-bond acceptors (Lipinski definition) is 4. The molecule has 2 rings (SSSR count). The van der Waals surface area contributed by atoms with Crippen molar-refractivity contribution in [2.75, 3.05) is 20.2 Å². The number of benzene rings is 1. The summed E-state index contributed by atoms with van der Waals surface area (Å²) in [5.41, 5.74) is 5.69. The third-order valence-corrected chi connectivity index (χ3v) is 5.80. The van der Waals surface area contributed by atoms with E-state index < -0.39 is 15.8 Å². The van der Waals surface area contributed by atoms with E-state index in [0.717, 1.165) is 12.8 Å². The van der Waals surface area contributed by atoms with Gasteiger partial charge in [0.05, 0.1) is 12.0 Å². The van der Waals surface area contributed by atoms with Crippen LogP contribution in [0.25, 0.3) is 0 Å². The van der Waals surface area contributed by atoms with Gasteiger partial charge in [0.25, 0.3) is 0 Å². The van der Waals surface area contributed by atoms with Gasteiger partial charge in [0.15, 0.2) is 11.6 Å². The van der Waals surface area contributed by atoms with E-state index in [1.165, 1.54) is 30.5 Å². The quantitative estimate of drug-likeness (QED) is 0.908. The molecule has 0 aromatic heterocycles. The third kappa shape index (κ3) is 2.41. The molecule has 1 atom stereocenters. The molecule has 0 spiro atoms. The van der Waals surface area contributed by atoms with Gasteiger partial charge in [-0.05, 0) is 31.9 Å². The summed E-state index contributed by atoms with van der Waals surface area (Å²) in [6.45, 7) is 2.15. The van der Waals surface area contributed by atoms with Gasteiger partial charge in [0, 0.05) is 24.7 Å². The molecular formula is C13H19FN2O3S. The highest BCUT2D eigenvalue weighted by atomic mass is 32.2. The fourth-order valence-corrected chi connectivity index (χ4v) is 4.49. The maximum Gasteiger partial charge on any atom is 0.243 e. The van der Waals surface area contributed by atoms with E-state index in [1.807, 2.05) is 0 Å². The Balaban J connectivity index is 2.47. The standard InChI is InChI=1S/C13H19FN2O3S/c1-9-12(6-5-11(19-2)13(9)14)20(17,18)16-7-3-4-10(16)8-15/h5-6,10H,3-4,7-8,15H2,1-2H3. The first-order chi connectivity index (χ1) is 9.43. The highest BCUT2D eigenvalue weighted by Crippen LogP contribution is 2.31. The molecule has 7 heteroatoms. The van der Waals surface area contributed by atoms with Gasteiger partial charge < -0.3 is 10.5 Å². The molecule has 1 heterocycles. The summed E-state index contributed by atoms with van der Waals surface area (Å²) >= 11 is 0. The van der Waals surface area contributed by atoms with Gasteiger partial charge in [-0.15, -0.1) is 0 Å². The van der Waals surface area contributed by atoms with Gasteiger partial charge in [-0.1, -0.05) is 0 Å². The van der Waals surface area contributed by atoms with E-state index in [2.05, 4.69) is 0 Å². The molecule has 112 valence electrons. The van der Waals surface area contributed by atoms with Gasteiger partial charge in [0.2, 0.25) is 10.0 Å². The van der Waals surface area contributed by atoms with Crippen LogP contribution in [-0.4, -0.2) is 39.0 Å². The fourth-order valence-electron chi connectivity index (χ4n) is 2.57. The smallest absolute Gasteiger partial charge is 0.243 e. The largest absolute Gasteiger partial charge is 0.494 e. The van der Waals surface area contributed by atoms with Gasteiger partial charge in [0.1, 0.15) is 0 Å². The Kier molecular flexibility index (Phi) is 4.31. The lowest BCUT2D eigenvalue weighted by Gasteiger charge is -2.24. The number of rotatable bonds is 4. The van der Waals surface area contributed by atoms with Crippen LogP contribution in [0, 0.1) is 12.7 Å². The number of ether oxygens (including phenoxy) is 1. The first-order valence-corrected chi connectivity index (χ1v) is 7.92. The lowest BCUT2D eigenvalue weighted by molar-refractivity contribution is 0.380. The van der Waals surface area contributed by atoms with E-state index in [-0.39, 0.29) is 28.8 Å². The van der Waals surface area contributed by atoms with Gasteiger partial charge in [-0.2, -0.15) is 4.31 Å². The molecule has 0 aliphatic carbocycles. The molecule has 0 radical (unpaired) electrons. The van der Waals surface area contributed by atoms with Crippen LogP contribution in [0.4, 0.5) is 4.39 Å². The Morgan fingerprint density at radius 2 is 2.20 bits per heavy atom. The van der Waals surface area contributed by atoms with E-state index >= 15 is 0 Å². The van der Waals surface area contributed by atoms with Crippen LogP contribution in [0.15, 0.2) is 17.0 Å². The van der Waals surface area contributed by atoms with E-state index in [0.29, 0.717) is 6.54 Å². The van der Waals surface area contributed by atoms with E-state index in [9.17, 15) is 12.8 Å². The second kappa shape index (κ2) is 5.67. The predicted molar refractivity (Wildman–Crippen MR) is 73.7 cm³/mol. The number of methoxy groups -OCH3 is 1. The van der Waals surface area contributed by atoms with Crippen LogP contribution in [0.1, 0.15) is 18.4 Å². The SMILES string of the molecule is COc1ccc(S(=O)(=O)N2CCCC2CN)c(C)c1F. The van der Waals surface area contributed by atoms with Crippen molar-refractivity contribution in [1.82, 2.24) is 4.31 Å². The molecule has 0 bridgehead atoms. The molecule has 1 unspecified atom stereocenters. The van der Waals surface area contributed by atoms with Crippen LogP contribution in [0.3, 0.4) is 0 Å². The highest BCUT2D eigenvalue weighted by Gasteiger charge is 2.35. The summed E-state index contributed by atoms with van der Waals surface area (Å²) < 4.78 is 45.5. The minimum absolute atomic E-state index is 0.0175. The van der Waals surface area contributed by atoms with E-state index in [1.54, 1.807) is 0 Å². The number of nitrogens with two attached hydrogens (primary N) is 1. The second-order valence-corrected chi connectivity index (χ2v) is 6.71. The molecule has 1 aromatic carbocycles. The van der Waals surface area contributed by atoms with Crippen molar-refractivity contribution in [3.8, 4) is 5.75 Å². The molecule has 1 fully saturated rings. The molecule has 5 nitrogen and oxygen atoms in total. The van der Waals surface area contributed by atoms with Crippen LogP contribution in [-0.2, 0) is 10.0 Å². The van der Waals surface area contributed by atoms with Crippen molar-refractivity contribution in [3.63, 3.8) is 0 Å². The molecule has 0 saturated carbocycles. The molecule has 1 saturated heterocycles. The predicted octanol–water partition coefficient (Wildman–Crippen LogP) is 1.25. The van der Waals surface area contributed by atoms with Crippen molar-refractivity contribution >= 4 is 10.0 Å². The van der Waals surface area contributed by atoms with Crippen LogP contribution < -0.4 is 10.5 Å². The number of sulfonamides is 1. The van der Waals surface area contributed by atoms with Crippen LogP contribution in [0.5, 0.6) is 5.75 Å². The number of nitrogens with zero attached hydrogens (tertiary/aromatic N) is 1. The lowest BCUT2D eigenvalue weighted by Crippen LogP contribution is -2.40. The molecule has 1 aliphatic heterocycles. The highest BCUT2D eigenvalue weighted by molar-refractivity contribution is 7.89. The fraction of sp³-hybridized carbons (Fsp3) is 0.538. The zero-order chi connectivity index (χ0) is 14.9. The molecule has 20 heavy (non-hydrogen) atoms. The molecule has 2 N–H and O–H groups in total. The number of halogens is 1. The lowest BCUT2D eigenvalue weighted by atomic mass is 10.2. The summed E-state index contributed by atoms with van der Waals surface area (Å²) in [6.07, 6.45) is 1.52. The Morgan fingerprint density at radius 3 is 2.80 bits per heavy atom. The zero-order valence-corrected chi connectivity index (χ0v) is 12.4. The third-order valence-electron chi connectivity index (χ3n) is 3.70. The number of hydrogen-bond donors (Lipinski definition) is 1. The van der Waals surface area contributed by atoms with Crippen molar-refractivity contribution in [2.24, 2.45) is 5.73 Å². The van der Waals surface area contributed by atoms with Crippen molar-refractivity contribution < 1.29 is 17.5 Å². The summed E-state index contributed by atoms with van der Waals surface area (Å²) in [7, 11) is -2.38. The Morgan fingerprint density at radius 1 is 1.50 bits per heavy atom. The van der Waals surface area contributed by atoms with Crippen LogP contribution in [0.2, 0.25) is 0 Å². The van der Waals surface area contributed by atoms with Crippen LogP contribution >= 0.6 is 0 Å². The van der Waals surface area contributed by atoms with Gasteiger partial charge >= 0.3 is 0 Å². The summed E-state index contributed by atoms with van der Waals surface area (Å²) in [5, 5.41) is 0. The summed E-state index contributed by atoms with van der Waals surface area (Å²) in [5.74, 6) is -0.602. The molecule has 1 aromatic rings. The monoisotopic (exact) mass is 302 g/mol. The average Bonchev–Trinajstić information content (AvgIpc) is 2.90. The van der Waals surface area contributed by atoms with E-state index in [4.69, 9.17) is 10.5 Å². The maximum absolute atomic E-state index is 14.0.